The zero-order valence-corrected chi connectivity index (χ0v) is 12.9. The molecule has 0 radical (unpaired) electrons. The Hall–Kier alpha value is -3.36. The van der Waals surface area contributed by atoms with Crippen LogP contribution in [0.25, 0.3) is 10.9 Å². The van der Waals surface area contributed by atoms with Gasteiger partial charge in [-0.15, -0.1) is 5.10 Å². The van der Waals surface area contributed by atoms with Crippen LogP contribution < -0.4 is 10.5 Å². The van der Waals surface area contributed by atoms with E-state index in [0.717, 1.165) is 4.68 Å². The number of carbonyl (C=O) groups excluding carboxylic acids is 1. The summed E-state index contributed by atoms with van der Waals surface area (Å²) in [7, 11) is 1.67. The standard InChI is InChI=1S/C15H14N6O3/c1-20(15-16-7-4-8-17-15)9-13(22)24-10-21-14(23)11-5-2-3-6-12(11)18-19-21/h2-8H,9-10H2,1H3. The number of esters is 1. The molecule has 9 nitrogen and oxygen atoms in total. The van der Waals surface area contributed by atoms with E-state index in [4.69, 9.17) is 4.74 Å². The molecule has 0 aliphatic heterocycles. The molecule has 9 heteroatoms. The van der Waals surface area contributed by atoms with Gasteiger partial charge in [-0.05, 0) is 18.2 Å². The number of anilines is 1. The van der Waals surface area contributed by atoms with E-state index in [2.05, 4.69) is 20.3 Å². The maximum Gasteiger partial charge on any atom is 0.327 e. The minimum atomic E-state index is -0.535. The molecule has 0 aliphatic rings. The van der Waals surface area contributed by atoms with Crippen LogP contribution in [0.2, 0.25) is 0 Å². The average Bonchev–Trinajstić information content (AvgIpc) is 2.62. The molecule has 0 saturated carbocycles. The first-order chi connectivity index (χ1) is 11.6. The highest BCUT2D eigenvalue weighted by atomic mass is 16.5. The summed E-state index contributed by atoms with van der Waals surface area (Å²) < 4.78 is 6.07. The van der Waals surface area contributed by atoms with Crippen molar-refractivity contribution in [1.29, 1.82) is 0 Å². The topological polar surface area (TPSA) is 103 Å². The molecule has 122 valence electrons. The van der Waals surface area contributed by atoms with Gasteiger partial charge in [-0.25, -0.2) is 9.97 Å². The van der Waals surface area contributed by atoms with Crippen molar-refractivity contribution in [2.45, 2.75) is 6.73 Å². The van der Waals surface area contributed by atoms with Crippen molar-refractivity contribution in [3.63, 3.8) is 0 Å². The quantitative estimate of drug-likeness (QED) is 0.613. The molecule has 0 spiro atoms. The van der Waals surface area contributed by atoms with Gasteiger partial charge in [0, 0.05) is 19.4 Å². The molecule has 24 heavy (non-hydrogen) atoms. The number of hydrogen-bond acceptors (Lipinski definition) is 8. The van der Waals surface area contributed by atoms with E-state index in [1.165, 1.54) is 4.90 Å². The Balaban J connectivity index is 1.64. The lowest BCUT2D eigenvalue weighted by molar-refractivity contribution is -0.146. The van der Waals surface area contributed by atoms with Gasteiger partial charge in [-0.2, -0.15) is 4.68 Å². The fourth-order valence-electron chi connectivity index (χ4n) is 2.04. The molecule has 0 atom stereocenters. The Labute approximate surface area is 136 Å². The second-order valence-electron chi connectivity index (χ2n) is 4.96. The minimum absolute atomic E-state index is 0.0558. The third-order valence-electron chi connectivity index (χ3n) is 3.24. The summed E-state index contributed by atoms with van der Waals surface area (Å²) in [4.78, 5) is 33.7. The fourth-order valence-corrected chi connectivity index (χ4v) is 2.04. The van der Waals surface area contributed by atoms with Gasteiger partial charge in [-0.1, -0.05) is 17.3 Å². The van der Waals surface area contributed by atoms with Crippen LogP contribution in [-0.2, 0) is 16.3 Å². The van der Waals surface area contributed by atoms with Gasteiger partial charge in [0.25, 0.3) is 5.56 Å². The lowest BCUT2D eigenvalue weighted by Gasteiger charge is -2.15. The van der Waals surface area contributed by atoms with Crippen molar-refractivity contribution in [2.75, 3.05) is 18.5 Å². The summed E-state index contributed by atoms with van der Waals surface area (Å²) in [5.41, 5.74) is 0.124. The molecule has 0 amide bonds. The Morgan fingerprint density at radius 3 is 2.75 bits per heavy atom. The molecular weight excluding hydrogens is 312 g/mol. The van der Waals surface area contributed by atoms with E-state index in [1.54, 1.807) is 49.8 Å². The molecule has 2 aromatic heterocycles. The summed E-state index contributed by atoms with van der Waals surface area (Å²) >= 11 is 0. The number of carbonyl (C=O) groups is 1. The van der Waals surface area contributed by atoms with Crippen molar-refractivity contribution in [1.82, 2.24) is 25.0 Å². The number of fused-ring (bicyclic) bond motifs is 1. The van der Waals surface area contributed by atoms with E-state index < -0.39 is 5.97 Å². The van der Waals surface area contributed by atoms with Crippen LogP contribution in [-0.4, -0.2) is 44.5 Å². The Morgan fingerprint density at radius 2 is 1.96 bits per heavy atom. The lowest BCUT2D eigenvalue weighted by atomic mass is 10.2. The predicted molar refractivity (Wildman–Crippen MR) is 85.2 cm³/mol. The maximum absolute atomic E-state index is 12.2. The number of hydrogen-bond donors (Lipinski definition) is 0. The van der Waals surface area contributed by atoms with Crippen LogP contribution in [0.5, 0.6) is 0 Å². The van der Waals surface area contributed by atoms with Gasteiger partial charge in [0.2, 0.25) is 5.95 Å². The molecule has 3 rings (SSSR count). The molecule has 3 aromatic rings. The predicted octanol–water partition coefficient (Wildman–Crippen LogP) is 0.219. The SMILES string of the molecule is CN(CC(=O)OCn1nnc2ccccc2c1=O)c1ncccn1. The van der Waals surface area contributed by atoms with Gasteiger partial charge < -0.3 is 9.64 Å². The van der Waals surface area contributed by atoms with Crippen LogP contribution >= 0.6 is 0 Å². The highest BCUT2D eigenvalue weighted by Gasteiger charge is 2.12. The normalized spacial score (nSPS) is 10.5. The molecule has 0 aliphatic carbocycles. The number of likely N-dealkylation sites (N-methyl/N-ethyl adjacent to an activating group) is 1. The molecule has 0 unspecified atom stereocenters. The van der Waals surface area contributed by atoms with Crippen LogP contribution in [0, 0.1) is 0 Å². The maximum atomic E-state index is 12.2. The molecule has 2 heterocycles. The average molecular weight is 326 g/mol. The van der Waals surface area contributed by atoms with Crippen LogP contribution in [0.1, 0.15) is 0 Å². The van der Waals surface area contributed by atoms with Crippen molar-refractivity contribution in [3.05, 3.63) is 53.1 Å². The first-order valence-corrected chi connectivity index (χ1v) is 7.11. The van der Waals surface area contributed by atoms with Crippen molar-refractivity contribution >= 4 is 22.8 Å². The summed E-state index contributed by atoms with van der Waals surface area (Å²) in [6, 6.07) is 8.51. The van der Waals surface area contributed by atoms with E-state index in [9.17, 15) is 9.59 Å². The van der Waals surface area contributed by atoms with Crippen LogP contribution in [0.4, 0.5) is 5.95 Å². The summed E-state index contributed by atoms with van der Waals surface area (Å²) in [6.07, 6.45) is 3.16. The number of nitrogens with zero attached hydrogens (tertiary/aromatic N) is 6. The number of ether oxygens (including phenoxy) is 1. The van der Waals surface area contributed by atoms with Gasteiger partial charge in [0.15, 0.2) is 6.73 Å². The van der Waals surface area contributed by atoms with Gasteiger partial charge in [-0.3, -0.25) is 9.59 Å². The molecule has 0 N–H and O–H groups in total. The number of benzene rings is 1. The first kappa shape index (κ1) is 15.5. The Bertz CT molecular complexity index is 912. The highest BCUT2D eigenvalue weighted by Crippen LogP contribution is 2.04. The van der Waals surface area contributed by atoms with E-state index in [1.807, 2.05) is 0 Å². The summed E-state index contributed by atoms with van der Waals surface area (Å²) in [6.45, 7) is -0.362. The number of aromatic nitrogens is 5. The van der Waals surface area contributed by atoms with Crippen LogP contribution in [0.3, 0.4) is 0 Å². The third kappa shape index (κ3) is 3.35. The zero-order chi connectivity index (χ0) is 16.9. The Morgan fingerprint density at radius 1 is 1.21 bits per heavy atom. The summed E-state index contributed by atoms with van der Waals surface area (Å²) in [5, 5.41) is 8.09. The first-order valence-electron chi connectivity index (χ1n) is 7.11. The lowest BCUT2D eigenvalue weighted by Crippen LogP contribution is -2.31. The third-order valence-corrected chi connectivity index (χ3v) is 3.24. The molecule has 0 fully saturated rings. The van der Waals surface area contributed by atoms with Crippen molar-refractivity contribution in [3.8, 4) is 0 Å². The zero-order valence-electron chi connectivity index (χ0n) is 12.9. The van der Waals surface area contributed by atoms with E-state index >= 15 is 0 Å². The highest BCUT2D eigenvalue weighted by molar-refractivity contribution is 5.76. The second kappa shape index (κ2) is 6.82. The minimum Gasteiger partial charge on any atom is -0.441 e. The van der Waals surface area contributed by atoms with Gasteiger partial charge in [0.1, 0.15) is 12.1 Å². The molecule has 0 saturated heterocycles. The largest absolute Gasteiger partial charge is 0.441 e. The van der Waals surface area contributed by atoms with Crippen molar-refractivity contribution in [2.24, 2.45) is 0 Å². The second-order valence-corrected chi connectivity index (χ2v) is 4.96. The number of rotatable bonds is 5. The van der Waals surface area contributed by atoms with Crippen molar-refractivity contribution < 1.29 is 9.53 Å². The summed E-state index contributed by atoms with van der Waals surface area (Å²) in [5.74, 6) is -0.135. The monoisotopic (exact) mass is 326 g/mol. The van der Waals surface area contributed by atoms with Gasteiger partial charge in [0.05, 0.1) is 5.39 Å². The van der Waals surface area contributed by atoms with E-state index in [0.29, 0.717) is 16.9 Å². The molecular formula is C15H14N6O3. The fraction of sp³-hybridized carbons (Fsp3) is 0.200. The van der Waals surface area contributed by atoms with Gasteiger partial charge >= 0.3 is 5.97 Å². The van der Waals surface area contributed by atoms with E-state index in [-0.39, 0.29) is 18.8 Å². The Kier molecular flexibility index (Phi) is 4.41. The molecule has 1 aromatic carbocycles. The van der Waals surface area contributed by atoms with Crippen LogP contribution in [0.15, 0.2) is 47.5 Å². The molecule has 0 bridgehead atoms. The smallest absolute Gasteiger partial charge is 0.327 e.